The first-order chi connectivity index (χ1) is 9.81. The summed E-state index contributed by atoms with van der Waals surface area (Å²) in [6.07, 6.45) is 3.97. The number of aromatic nitrogens is 4. The average Bonchev–Trinajstić information content (AvgIpc) is 2.92. The lowest BCUT2D eigenvalue weighted by Crippen LogP contribution is -2.29. The minimum Gasteiger partial charge on any atom is -0.378 e. The van der Waals surface area contributed by atoms with Gasteiger partial charge in [-0.25, -0.2) is 0 Å². The molecule has 0 aliphatic carbocycles. The van der Waals surface area contributed by atoms with Crippen molar-refractivity contribution in [2.45, 2.75) is 25.8 Å². The summed E-state index contributed by atoms with van der Waals surface area (Å²) in [6.45, 7) is 2.95. The number of nitrogens with one attached hydrogen (secondary N) is 1. The quantitative estimate of drug-likeness (QED) is 0.920. The van der Waals surface area contributed by atoms with Crippen LogP contribution in [-0.4, -0.2) is 33.3 Å². The van der Waals surface area contributed by atoms with Gasteiger partial charge in [0.2, 0.25) is 0 Å². The van der Waals surface area contributed by atoms with E-state index in [1.54, 1.807) is 7.05 Å². The van der Waals surface area contributed by atoms with Gasteiger partial charge in [-0.3, -0.25) is 0 Å². The first kappa shape index (κ1) is 12.9. The lowest BCUT2D eigenvalue weighted by atomic mass is 10.1. The minimum absolute atomic E-state index is 0.594. The zero-order valence-corrected chi connectivity index (χ0v) is 11.8. The minimum atomic E-state index is 0.594. The first-order valence-corrected chi connectivity index (χ1v) is 7.13. The summed E-state index contributed by atoms with van der Waals surface area (Å²) in [5.41, 5.74) is 2.39. The molecule has 2 aromatic rings. The molecule has 1 aromatic carbocycles. The van der Waals surface area contributed by atoms with E-state index in [1.165, 1.54) is 42.8 Å². The summed E-state index contributed by atoms with van der Waals surface area (Å²) in [6, 6.07) is 8.58. The van der Waals surface area contributed by atoms with Gasteiger partial charge < -0.3 is 10.2 Å². The molecule has 1 fully saturated rings. The van der Waals surface area contributed by atoms with E-state index in [0.717, 1.165) is 5.69 Å². The maximum Gasteiger partial charge on any atom is 0.193 e. The Morgan fingerprint density at radius 2 is 1.85 bits per heavy atom. The SMILES string of the molecule is Cn1nnc(CNc2ccc(N3CCCCC3)cc2)n1. The van der Waals surface area contributed by atoms with Crippen molar-refractivity contribution in [1.29, 1.82) is 0 Å². The summed E-state index contributed by atoms with van der Waals surface area (Å²) in [5, 5.41) is 15.2. The molecule has 0 amide bonds. The predicted octanol–water partition coefficient (Wildman–Crippen LogP) is 1.81. The van der Waals surface area contributed by atoms with Gasteiger partial charge in [0.25, 0.3) is 0 Å². The Bertz CT molecular complexity index is 541. The van der Waals surface area contributed by atoms with Crippen molar-refractivity contribution in [3.05, 3.63) is 30.1 Å². The molecule has 106 valence electrons. The summed E-state index contributed by atoms with van der Waals surface area (Å²) in [7, 11) is 1.77. The van der Waals surface area contributed by atoms with E-state index in [0.29, 0.717) is 12.4 Å². The largest absolute Gasteiger partial charge is 0.378 e. The van der Waals surface area contributed by atoms with E-state index >= 15 is 0 Å². The number of hydrogen-bond acceptors (Lipinski definition) is 5. The molecule has 0 bridgehead atoms. The van der Waals surface area contributed by atoms with Crippen LogP contribution in [0.4, 0.5) is 11.4 Å². The molecule has 6 heteroatoms. The van der Waals surface area contributed by atoms with Crippen LogP contribution < -0.4 is 10.2 Å². The van der Waals surface area contributed by atoms with E-state index in [9.17, 15) is 0 Å². The van der Waals surface area contributed by atoms with Crippen LogP contribution in [0.15, 0.2) is 24.3 Å². The highest BCUT2D eigenvalue weighted by atomic mass is 15.6. The summed E-state index contributed by atoms with van der Waals surface area (Å²) >= 11 is 0. The van der Waals surface area contributed by atoms with E-state index in [2.05, 4.69) is 49.9 Å². The molecule has 1 aliphatic heterocycles. The molecule has 1 N–H and O–H groups in total. The predicted molar refractivity (Wildman–Crippen MR) is 78.6 cm³/mol. The number of tetrazole rings is 1. The third-order valence-electron chi connectivity index (χ3n) is 3.59. The number of benzene rings is 1. The fraction of sp³-hybridized carbons (Fsp3) is 0.500. The smallest absolute Gasteiger partial charge is 0.193 e. The highest BCUT2D eigenvalue weighted by Crippen LogP contribution is 2.21. The number of nitrogens with zero attached hydrogens (tertiary/aromatic N) is 5. The fourth-order valence-electron chi connectivity index (χ4n) is 2.52. The molecular weight excluding hydrogens is 252 g/mol. The standard InChI is InChI=1S/C14H20N6/c1-19-17-14(16-18-19)11-15-12-5-7-13(8-6-12)20-9-3-2-4-10-20/h5-8,15H,2-4,9-11H2,1H3. The summed E-state index contributed by atoms with van der Waals surface area (Å²) in [4.78, 5) is 3.92. The Morgan fingerprint density at radius 3 is 2.50 bits per heavy atom. The zero-order valence-electron chi connectivity index (χ0n) is 11.8. The first-order valence-electron chi connectivity index (χ1n) is 7.13. The normalized spacial score (nSPS) is 15.3. The number of rotatable bonds is 4. The molecule has 3 rings (SSSR count). The van der Waals surface area contributed by atoms with Crippen LogP contribution in [0.25, 0.3) is 0 Å². The van der Waals surface area contributed by atoms with Crippen molar-refractivity contribution in [1.82, 2.24) is 20.2 Å². The number of piperidine rings is 1. The third kappa shape index (κ3) is 3.07. The molecule has 0 radical (unpaired) electrons. The third-order valence-corrected chi connectivity index (χ3v) is 3.59. The molecule has 0 atom stereocenters. The average molecular weight is 272 g/mol. The molecule has 0 unspecified atom stereocenters. The molecule has 1 aromatic heterocycles. The number of anilines is 2. The maximum absolute atomic E-state index is 4.14. The van der Waals surface area contributed by atoms with Crippen LogP contribution in [0, 0.1) is 0 Å². The Morgan fingerprint density at radius 1 is 1.10 bits per heavy atom. The molecule has 0 spiro atoms. The Labute approximate surface area is 118 Å². The maximum atomic E-state index is 4.14. The van der Waals surface area contributed by atoms with E-state index in [4.69, 9.17) is 0 Å². The molecule has 1 aliphatic rings. The Balaban J connectivity index is 1.58. The monoisotopic (exact) mass is 272 g/mol. The van der Waals surface area contributed by atoms with Crippen LogP contribution in [0.1, 0.15) is 25.1 Å². The van der Waals surface area contributed by atoms with E-state index < -0.39 is 0 Å². The highest BCUT2D eigenvalue weighted by Gasteiger charge is 2.10. The second-order valence-electron chi connectivity index (χ2n) is 5.14. The van der Waals surface area contributed by atoms with E-state index in [-0.39, 0.29) is 0 Å². The molecule has 2 heterocycles. The van der Waals surface area contributed by atoms with Crippen molar-refractivity contribution in [2.24, 2.45) is 7.05 Å². The van der Waals surface area contributed by atoms with Crippen molar-refractivity contribution in [3.8, 4) is 0 Å². The molecular formula is C14H20N6. The second-order valence-corrected chi connectivity index (χ2v) is 5.14. The van der Waals surface area contributed by atoms with Gasteiger partial charge in [0.05, 0.1) is 13.6 Å². The van der Waals surface area contributed by atoms with Crippen LogP contribution >= 0.6 is 0 Å². The Kier molecular flexibility index (Phi) is 3.80. The van der Waals surface area contributed by atoms with Crippen LogP contribution in [0.2, 0.25) is 0 Å². The van der Waals surface area contributed by atoms with Gasteiger partial charge in [-0.2, -0.15) is 4.80 Å². The molecule has 20 heavy (non-hydrogen) atoms. The van der Waals surface area contributed by atoms with Crippen LogP contribution in [0.5, 0.6) is 0 Å². The van der Waals surface area contributed by atoms with Gasteiger partial charge in [0.1, 0.15) is 0 Å². The van der Waals surface area contributed by atoms with Crippen LogP contribution in [0.3, 0.4) is 0 Å². The van der Waals surface area contributed by atoms with Gasteiger partial charge in [0, 0.05) is 24.5 Å². The van der Waals surface area contributed by atoms with Crippen molar-refractivity contribution < 1.29 is 0 Å². The number of aryl methyl sites for hydroxylation is 1. The lowest BCUT2D eigenvalue weighted by molar-refractivity contribution is 0.578. The van der Waals surface area contributed by atoms with Crippen molar-refractivity contribution in [3.63, 3.8) is 0 Å². The van der Waals surface area contributed by atoms with Crippen molar-refractivity contribution in [2.75, 3.05) is 23.3 Å². The fourth-order valence-corrected chi connectivity index (χ4v) is 2.52. The molecule has 6 nitrogen and oxygen atoms in total. The Hall–Kier alpha value is -2.11. The van der Waals surface area contributed by atoms with Gasteiger partial charge in [0.15, 0.2) is 5.82 Å². The van der Waals surface area contributed by atoms with Crippen LogP contribution in [-0.2, 0) is 13.6 Å². The van der Waals surface area contributed by atoms with Gasteiger partial charge in [-0.15, -0.1) is 10.2 Å². The number of hydrogen-bond donors (Lipinski definition) is 1. The summed E-state index contributed by atoms with van der Waals surface area (Å²) < 4.78 is 0. The van der Waals surface area contributed by atoms with Gasteiger partial charge >= 0.3 is 0 Å². The molecule has 0 saturated carbocycles. The van der Waals surface area contributed by atoms with E-state index in [1.807, 2.05) is 0 Å². The van der Waals surface area contributed by atoms with Gasteiger partial charge in [-0.1, -0.05) is 0 Å². The summed E-state index contributed by atoms with van der Waals surface area (Å²) in [5.74, 6) is 0.701. The van der Waals surface area contributed by atoms with Crippen molar-refractivity contribution >= 4 is 11.4 Å². The zero-order chi connectivity index (χ0) is 13.8. The topological polar surface area (TPSA) is 58.9 Å². The lowest BCUT2D eigenvalue weighted by Gasteiger charge is -2.28. The highest BCUT2D eigenvalue weighted by molar-refractivity contribution is 5.55. The van der Waals surface area contributed by atoms with Gasteiger partial charge in [-0.05, 0) is 48.7 Å². The molecule has 1 saturated heterocycles. The second kappa shape index (κ2) is 5.90.